The van der Waals surface area contributed by atoms with Crippen molar-refractivity contribution in [2.75, 3.05) is 5.32 Å². The smallest absolute Gasteiger partial charge is 0.137 e. The van der Waals surface area contributed by atoms with Crippen molar-refractivity contribution >= 4 is 21.6 Å². The lowest BCUT2D eigenvalue weighted by Gasteiger charge is -2.36. The minimum absolute atomic E-state index is 0.209. The molecule has 0 aliphatic heterocycles. The number of halogens is 2. The molecule has 0 spiro atoms. The Morgan fingerprint density at radius 1 is 1.41 bits per heavy atom. The molecule has 1 aliphatic carbocycles. The molecule has 1 N–H and O–H groups in total. The van der Waals surface area contributed by atoms with Gasteiger partial charge in [-0.3, -0.25) is 0 Å². The maximum Gasteiger partial charge on any atom is 0.137 e. The third-order valence-electron chi connectivity index (χ3n) is 3.50. The maximum absolute atomic E-state index is 13.1. The Morgan fingerprint density at radius 3 is 2.82 bits per heavy atom. The summed E-state index contributed by atoms with van der Waals surface area (Å²) in [6.45, 7) is 4.64. The van der Waals surface area contributed by atoms with Crippen molar-refractivity contribution in [1.29, 1.82) is 0 Å². The first kappa shape index (κ1) is 12.9. The monoisotopic (exact) mass is 299 g/mol. The van der Waals surface area contributed by atoms with Crippen LogP contribution in [0.1, 0.15) is 39.5 Å². The molecule has 0 amide bonds. The topological polar surface area (TPSA) is 12.0 Å². The summed E-state index contributed by atoms with van der Waals surface area (Å²) in [5.74, 6) is -0.209. The van der Waals surface area contributed by atoms with Crippen LogP contribution in [0.2, 0.25) is 0 Å². The standard InChI is InChI=1S/C14H19BrFN/c1-14(2)7-3-4-11(9-14)17-10-5-6-13(16)12(15)8-10/h5-6,8,11,17H,3-4,7,9H2,1-2H3. The second-order valence-electron chi connectivity index (χ2n) is 5.73. The molecule has 0 aromatic heterocycles. The fourth-order valence-corrected chi connectivity index (χ4v) is 3.02. The second kappa shape index (κ2) is 4.97. The summed E-state index contributed by atoms with van der Waals surface area (Å²) in [5.41, 5.74) is 1.42. The van der Waals surface area contributed by atoms with Gasteiger partial charge in [0.05, 0.1) is 4.47 Å². The average molecular weight is 300 g/mol. The van der Waals surface area contributed by atoms with Crippen LogP contribution in [0, 0.1) is 11.2 Å². The highest BCUT2D eigenvalue weighted by molar-refractivity contribution is 9.10. The van der Waals surface area contributed by atoms with Crippen LogP contribution in [0.25, 0.3) is 0 Å². The molecule has 2 rings (SSSR count). The SMILES string of the molecule is CC1(C)CCCC(Nc2ccc(F)c(Br)c2)C1. The van der Waals surface area contributed by atoms with E-state index in [2.05, 4.69) is 35.1 Å². The van der Waals surface area contributed by atoms with E-state index in [1.807, 2.05) is 12.1 Å². The highest BCUT2D eigenvalue weighted by Gasteiger charge is 2.27. The molecule has 1 atom stereocenters. The molecule has 0 bridgehead atoms. The van der Waals surface area contributed by atoms with Gasteiger partial charge < -0.3 is 5.32 Å². The second-order valence-corrected chi connectivity index (χ2v) is 6.59. The quantitative estimate of drug-likeness (QED) is 0.813. The molecule has 1 aliphatic rings. The summed E-state index contributed by atoms with van der Waals surface area (Å²) < 4.78 is 13.7. The molecule has 1 fully saturated rings. The summed E-state index contributed by atoms with van der Waals surface area (Å²) in [6, 6.07) is 5.63. The summed E-state index contributed by atoms with van der Waals surface area (Å²) in [7, 11) is 0. The summed E-state index contributed by atoms with van der Waals surface area (Å²) in [6.07, 6.45) is 4.96. The van der Waals surface area contributed by atoms with Crippen LogP contribution >= 0.6 is 15.9 Å². The van der Waals surface area contributed by atoms with Crippen LogP contribution < -0.4 is 5.32 Å². The zero-order chi connectivity index (χ0) is 12.5. The Morgan fingerprint density at radius 2 is 2.18 bits per heavy atom. The van der Waals surface area contributed by atoms with Gasteiger partial charge in [0.2, 0.25) is 0 Å². The van der Waals surface area contributed by atoms with E-state index < -0.39 is 0 Å². The minimum Gasteiger partial charge on any atom is -0.382 e. The number of hydrogen-bond acceptors (Lipinski definition) is 1. The summed E-state index contributed by atoms with van der Waals surface area (Å²) in [5, 5.41) is 3.51. The van der Waals surface area contributed by atoms with Gasteiger partial charge in [-0.1, -0.05) is 20.3 Å². The normalized spacial score (nSPS) is 23.4. The lowest BCUT2D eigenvalue weighted by Crippen LogP contribution is -2.31. The fourth-order valence-electron chi connectivity index (χ4n) is 2.64. The molecule has 0 heterocycles. The molecule has 0 radical (unpaired) electrons. The van der Waals surface area contributed by atoms with E-state index in [1.165, 1.54) is 31.7 Å². The lowest BCUT2D eigenvalue weighted by molar-refractivity contribution is 0.229. The van der Waals surface area contributed by atoms with Gasteiger partial charge in [-0.05, 0) is 58.8 Å². The Labute approximate surface area is 111 Å². The molecule has 1 nitrogen and oxygen atoms in total. The van der Waals surface area contributed by atoms with Gasteiger partial charge in [0.15, 0.2) is 0 Å². The number of hydrogen-bond donors (Lipinski definition) is 1. The number of nitrogens with one attached hydrogen (secondary N) is 1. The van der Waals surface area contributed by atoms with Crippen LogP contribution in [-0.2, 0) is 0 Å². The molecule has 3 heteroatoms. The highest BCUT2D eigenvalue weighted by Crippen LogP contribution is 2.36. The Balaban J connectivity index is 2.03. The molecule has 17 heavy (non-hydrogen) atoms. The van der Waals surface area contributed by atoms with Gasteiger partial charge >= 0.3 is 0 Å². The van der Waals surface area contributed by atoms with Crippen molar-refractivity contribution < 1.29 is 4.39 Å². The van der Waals surface area contributed by atoms with Crippen molar-refractivity contribution in [1.82, 2.24) is 0 Å². The highest BCUT2D eigenvalue weighted by atomic mass is 79.9. The first-order valence-corrected chi connectivity index (χ1v) is 6.97. The van der Waals surface area contributed by atoms with Crippen molar-refractivity contribution in [2.24, 2.45) is 5.41 Å². The van der Waals surface area contributed by atoms with Gasteiger partial charge in [0.1, 0.15) is 5.82 Å². The predicted molar refractivity (Wildman–Crippen MR) is 73.8 cm³/mol. The first-order chi connectivity index (χ1) is 7.96. The van der Waals surface area contributed by atoms with Gasteiger partial charge in [-0.25, -0.2) is 4.39 Å². The lowest BCUT2D eigenvalue weighted by atomic mass is 9.75. The Bertz CT molecular complexity index is 403. The van der Waals surface area contributed by atoms with Gasteiger partial charge in [0, 0.05) is 11.7 Å². The van der Waals surface area contributed by atoms with E-state index in [4.69, 9.17) is 0 Å². The first-order valence-electron chi connectivity index (χ1n) is 6.18. The van der Waals surface area contributed by atoms with Crippen LogP contribution in [-0.4, -0.2) is 6.04 Å². The molecule has 1 saturated carbocycles. The summed E-state index contributed by atoms with van der Waals surface area (Å²) >= 11 is 3.22. The largest absolute Gasteiger partial charge is 0.382 e. The molecule has 0 saturated heterocycles. The van der Waals surface area contributed by atoms with Crippen LogP contribution in [0.15, 0.2) is 22.7 Å². The van der Waals surface area contributed by atoms with E-state index >= 15 is 0 Å². The molecular formula is C14H19BrFN. The van der Waals surface area contributed by atoms with Gasteiger partial charge in [0.25, 0.3) is 0 Å². The molecule has 1 aromatic rings. The van der Waals surface area contributed by atoms with Crippen molar-refractivity contribution in [3.63, 3.8) is 0 Å². The molecule has 94 valence electrons. The maximum atomic E-state index is 13.1. The minimum atomic E-state index is -0.209. The average Bonchev–Trinajstić information content (AvgIpc) is 2.22. The molecule has 1 unspecified atom stereocenters. The fraction of sp³-hybridized carbons (Fsp3) is 0.571. The van der Waals surface area contributed by atoms with E-state index in [1.54, 1.807) is 0 Å². The predicted octanol–water partition coefficient (Wildman–Crippen LogP) is 4.97. The van der Waals surface area contributed by atoms with Crippen LogP contribution in [0.3, 0.4) is 0 Å². The Hall–Kier alpha value is -0.570. The Kier molecular flexibility index (Phi) is 3.76. The zero-order valence-electron chi connectivity index (χ0n) is 10.4. The van der Waals surface area contributed by atoms with E-state index in [-0.39, 0.29) is 5.82 Å². The number of benzene rings is 1. The van der Waals surface area contributed by atoms with Crippen molar-refractivity contribution in [2.45, 2.75) is 45.6 Å². The molecule has 1 aromatic carbocycles. The van der Waals surface area contributed by atoms with Crippen molar-refractivity contribution in [3.05, 3.63) is 28.5 Å². The van der Waals surface area contributed by atoms with Crippen LogP contribution in [0.4, 0.5) is 10.1 Å². The number of rotatable bonds is 2. The third-order valence-corrected chi connectivity index (χ3v) is 4.10. The van der Waals surface area contributed by atoms with Gasteiger partial charge in [-0.15, -0.1) is 0 Å². The van der Waals surface area contributed by atoms with E-state index in [0.29, 0.717) is 15.9 Å². The van der Waals surface area contributed by atoms with Gasteiger partial charge in [-0.2, -0.15) is 0 Å². The van der Waals surface area contributed by atoms with E-state index in [9.17, 15) is 4.39 Å². The zero-order valence-corrected chi connectivity index (χ0v) is 12.0. The summed E-state index contributed by atoms with van der Waals surface area (Å²) in [4.78, 5) is 0. The van der Waals surface area contributed by atoms with E-state index in [0.717, 1.165) is 5.69 Å². The third kappa shape index (κ3) is 3.44. The van der Waals surface area contributed by atoms with Crippen molar-refractivity contribution in [3.8, 4) is 0 Å². The molecular weight excluding hydrogens is 281 g/mol. The number of anilines is 1. The van der Waals surface area contributed by atoms with Crippen LogP contribution in [0.5, 0.6) is 0 Å².